The van der Waals surface area contributed by atoms with E-state index < -0.39 is 17.1 Å². The minimum atomic E-state index is -0.557. The van der Waals surface area contributed by atoms with E-state index in [4.69, 9.17) is 9.15 Å². The number of amides is 3. The summed E-state index contributed by atoms with van der Waals surface area (Å²) in [5.41, 5.74) is 4.40. The molecule has 0 aliphatic heterocycles. The fourth-order valence-corrected chi connectivity index (χ4v) is 6.17. The summed E-state index contributed by atoms with van der Waals surface area (Å²) in [6, 6.07) is 44.0. The number of carbonyl (C=O) groups is 3. The smallest absolute Gasteiger partial charge is 0.272 e. The van der Waals surface area contributed by atoms with E-state index in [0.29, 0.717) is 34.2 Å². The zero-order valence-electron chi connectivity index (χ0n) is 28.0. The monoisotopic (exact) mass is 693 g/mol. The van der Waals surface area contributed by atoms with Gasteiger partial charge in [0.15, 0.2) is 0 Å². The van der Waals surface area contributed by atoms with Crippen LogP contribution in [-0.4, -0.2) is 24.8 Å². The SMILES string of the molecule is COc1cccc(NC(=O)C(Sc2ccc(NC(=O)/C(=C/c3ccc(-c4ccc(C)cc4)o3)NC(=O)c3ccccc3)cc2)c2ccccc2)c1. The maximum absolute atomic E-state index is 13.7. The van der Waals surface area contributed by atoms with Crippen molar-refractivity contribution in [1.29, 1.82) is 0 Å². The lowest BCUT2D eigenvalue weighted by atomic mass is 10.1. The fourth-order valence-electron chi connectivity index (χ4n) is 5.15. The highest BCUT2D eigenvalue weighted by Crippen LogP contribution is 2.37. The molecule has 0 saturated heterocycles. The fraction of sp³-hybridized carbons (Fsp3) is 0.0714. The molecule has 6 rings (SSSR count). The van der Waals surface area contributed by atoms with Crippen LogP contribution in [0, 0.1) is 6.92 Å². The zero-order chi connectivity index (χ0) is 35.6. The Labute approximate surface area is 300 Å². The summed E-state index contributed by atoms with van der Waals surface area (Å²) in [5.74, 6) is 0.512. The van der Waals surface area contributed by atoms with Crippen molar-refractivity contribution < 1.29 is 23.5 Å². The lowest BCUT2D eigenvalue weighted by Crippen LogP contribution is -2.30. The standard InChI is InChI=1S/C42H35N3O5S/c1-28-16-18-29(19-17-28)38-25-22-35(50-38)27-37(45-40(46)31-12-7-4-8-13-31)41(47)43-32-20-23-36(24-21-32)51-39(30-10-5-3-6-11-30)42(48)44-33-14-9-15-34(26-33)49-2/h3-27,39H,1-2H3,(H,43,47)(H,44,48)(H,45,46)/b37-27-. The first kappa shape index (κ1) is 34.5. The minimum Gasteiger partial charge on any atom is -0.497 e. The summed E-state index contributed by atoms with van der Waals surface area (Å²) in [6.07, 6.45) is 1.50. The normalized spacial score (nSPS) is 11.7. The lowest BCUT2D eigenvalue weighted by Gasteiger charge is -2.18. The molecule has 0 aliphatic rings. The average molecular weight is 694 g/mol. The number of hydrogen-bond acceptors (Lipinski definition) is 6. The molecule has 254 valence electrons. The number of nitrogens with one attached hydrogen (secondary N) is 3. The number of carbonyl (C=O) groups excluding carboxylic acids is 3. The van der Waals surface area contributed by atoms with Gasteiger partial charge in [-0.15, -0.1) is 11.8 Å². The molecule has 1 aromatic heterocycles. The van der Waals surface area contributed by atoms with Crippen molar-refractivity contribution in [3.63, 3.8) is 0 Å². The quantitative estimate of drug-likeness (QED) is 0.0872. The Morgan fingerprint density at radius 1 is 0.725 bits per heavy atom. The van der Waals surface area contributed by atoms with Gasteiger partial charge in [0.2, 0.25) is 5.91 Å². The van der Waals surface area contributed by atoms with Crippen molar-refractivity contribution in [2.45, 2.75) is 17.1 Å². The molecule has 0 fully saturated rings. The van der Waals surface area contributed by atoms with Gasteiger partial charge in [-0.05, 0) is 73.2 Å². The third-order valence-electron chi connectivity index (χ3n) is 7.82. The van der Waals surface area contributed by atoms with Crippen LogP contribution >= 0.6 is 11.8 Å². The first-order chi connectivity index (χ1) is 24.8. The molecule has 51 heavy (non-hydrogen) atoms. The molecular formula is C42H35N3O5S. The van der Waals surface area contributed by atoms with Gasteiger partial charge in [0.1, 0.15) is 28.2 Å². The Kier molecular flexibility index (Phi) is 11.1. The number of benzene rings is 5. The molecule has 0 saturated carbocycles. The third-order valence-corrected chi connectivity index (χ3v) is 9.09. The predicted molar refractivity (Wildman–Crippen MR) is 203 cm³/mol. The number of ether oxygens (including phenoxy) is 1. The van der Waals surface area contributed by atoms with Gasteiger partial charge in [-0.1, -0.05) is 84.4 Å². The van der Waals surface area contributed by atoms with Crippen molar-refractivity contribution in [2.24, 2.45) is 0 Å². The highest BCUT2D eigenvalue weighted by Gasteiger charge is 2.23. The lowest BCUT2D eigenvalue weighted by molar-refractivity contribution is -0.116. The molecule has 0 spiro atoms. The van der Waals surface area contributed by atoms with E-state index in [9.17, 15) is 14.4 Å². The highest BCUT2D eigenvalue weighted by atomic mass is 32.2. The van der Waals surface area contributed by atoms with Crippen molar-refractivity contribution in [1.82, 2.24) is 5.32 Å². The van der Waals surface area contributed by atoms with Crippen molar-refractivity contribution in [3.05, 3.63) is 174 Å². The van der Waals surface area contributed by atoms with E-state index in [0.717, 1.165) is 21.6 Å². The Balaban J connectivity index is 1.20. The molecule has 1 atom stereocenters. The predicted octanol–water partition coefficient (Wildman–Crippen LogP) is 9.15. The Hall–Kier alpha value is -6.32. The average Bonchev–Trinajstić information content (AvgIpc) is 3.63. The van der Waals surface area contributed by atoms with Crippen LogP contribution in [0.3, 0.4) is 0 Å². The zero-order valence-corrected chi connectivity index (χ0v) is 28.8. The van der Waals surface area contributed by atoms with E-state index >= 15 is 0 Å². The molecule has 1 unspecified atom stereocenters. The molecule has 3 amide bonds. The Morgan fingerprint density at radius 2 is 1.43 bits per heavy atom. The van der Waals surface area contributed by atoms with Crippen molar-refractivity contribution in [2.75, 3.05) is 17.7 Å². The summed E-state index contributed by atoms with van der Waals surface area (Å²) in [6.45, 7) is 2.01. The second-order valence-electron chi connectivity index (χ2n) is 11.6. The third kappa shape index (κ3) is 9.23. The first-order valence-corrected chi connectivity index (χ1v) is 17.1. The number of hydrogen-bond donors (Lipinski definition) is 3. The number of rotatable bonds is 12. The van der Waals surface area contributed by atoms with E-state index in [2.05, 4.69) is 16.0 Å². The van der Waals surface area contributed by atoms with Crippen LogP contribution in [-0.2, 0) is 9.59 Å². The second-order valence-corrected chi connectivity index (χ2v) is 12.7. The number of methoxy groups -OCH3 is 1. The van der Waals surface area contributed by atoms with Gasteiger partial charge < -0.3 is 25.1 Å². The molecule has 1 heterocycles. The number of thioether (sulfide) groups is 1. The largest absolute Gasteiger partial charge is 0.497 e. The van der Waals surface area contributed by atoms with Crippen LogP contribution in [0.4, 0.5) is 11.4 Å². The molecule has 8 nitrogen and oxygen atoms in total. The summed E-state index contributed by atoms with van der Waals surface area (Å²) < 4.78 is 11.3. The van der Waals surface area contributed by atoms with Crippen molar-refractivity contribution >= 4 is 46.9 Å². The van der Waals surface area contributed by atoms with Gasteiger partial charge in [-0.3, -0.25) is 14.4 Å². The van der Waals surface area contributed by atoms with Gasteiger partial charge >= 0.3 is 0 Å². The molecule has 0 aliphatic carbocycles. The highest BCUT2D eigenvalue weighted by molar-refractivity contribution is 8.00. The van der Waals surface area contributed by atoms with Gasteiger partial charge in [-0.25, -0.2) is 0 Å². The topological polar surface area (TPSA) is 110 Å². The van der Waals surface area contributed by atoms with Gasteiger partial charge in [-0.2, -0.15) is 0 Å². The van der Waals surface area contributed by atoms with Crippen LogP contribution in [0.2, 0.25) is 0 Å². The summed E-state index contributed by atoms with van der Waals surface area (Å²) in [7, 11) is 1.58. The molecule has 0 bridgehead atoms. The van der Waals surface area contributed by atoms with Crippen LogP contribution < -0.4 is 20.7 Å². The van der Waals surface area contributed by atoms with Crippen molar-refractivity contribution in [3.8, 4) is 17.1 Å². The molecular weight excluding hydrogens is 659 g/mol. The molecule has 9 heteroatoms. The minimum absolute atomic E-state index is 0.00506. The first-order valence-electron chi connectivity index (χ1n) is 16.2. The van der Waals surface area contributed by atoms with E-state index in [1.807, 2.05) is 104 Å². The van der Waals surface area contributed by atoms with E-state index in [1.165, 1.54) is 17.8 Å². The van der Waals surface area contributed by atoms with E-state index in [1.54, 1.807) is 55.6 Å². The maximum atomic E-state index is 13.7. The molecule has 0 radical (unpaired) electrons. The Bertz CT molecular complexity index is 2150. The van der Waals surface area contributed by atoms with Gasteiger partial charge in [0, 0.05) is 39.5 Å². The molecule has 5 aromatic carbocycles. The van der Waals surface area contributed by atoms with Crippen LogP contribution in [0.25, 0.3) is 17.4 Å². The van der Waals surface area contributed by atoms with Crippen LogP contribution in [0.1, 0.15) is 32.5 Å². The number of anilines is 2. The van der Waals surface area contributed by atoms with E-state index in [-0.39, 0.29) is 11.6 Å². The Morgan fingerprint density at radius 3 is 2.14 bits per heavy atom. The maximum Gasteiger partial charge on any atom is 0.272 e. The summed E-state index contributed by atoms with van der Waals surface area (Å²) >= 11 is 1.39. The second kappa shape index (κ2) is 16.4. The molecule has 6 aromatic rings. The van der Waals surface area contributed by atoms with Crippen LogP contribution in [0.15, 0.2) is 161 Å². The van der Waals surface area contributed by atoms with Crippen LogP contribution in [0.5, 0.6) is 5.75 Å². The van der Waals surface area contributed by atoms with Gasteiger partial charge in [0.05, 0.1) is 7.11 Å². The van der Waals surface area contributed by atoms with Gasteiger partial charge in [0.25, 0.3) is 11.8 Å². The summed E-state index contributed by atoms with van der Waals surface area (Å²) in [4.78, 5) is 41.2. The number of furan rings is 1. The molecule has 3 N–H and O–H groups in total. The number of aryl methyl sites for hydroxylation is 1. The summed E-state index contributed by atoms with van der Waals surface area (Å²) in [5, 5.41) is 8.07.